The molecule has 1 aromatic carbocycles. The summed E-state index contributed by atoms with van der Waals surface area (Å²) in [5, 5.41) is 0. The van der Waals surface area contributed by atoms with Crippen molar-refractivity contribution in [1.29, 1.82) is 0 Å². The Morgan fingerprint density at radius 2 is 1.89 bits per heavy atom. The number of benzene rings is 1. The molecule has 0 unspecified atom stereocenters. The summed E-state index contributed by atoms with van der Waals surface area (Å²) in [4.78, 5) is 2.39. The van der Waals surface area contributed by atoms with Crippen LogP contribution >= 0.6 is 0 Å². The molecule has 100 valence electrons. The monoisotopic (exact) mass is 251 g/mol. The molecule has 0 saturated carbocycles. The molecule has 0 bridgehead atoms. The Morgan fingerprint density at radius 3 is 2.50 bits per heavy atom. The van der Waals surface area contributed by atoms with Crippen LogP contribution in [0.3, 0.4) is 0 Å². The maximum Gasteiger partial charge on any atom is 0.126 e. The third-order valence-electron chi connectivity index (χ3n) is 3.54. The summed E-state index contributed by atoms with van der Waals surface area (Å²) in [6.07, 6.45) is 1.28. The Morgan fingerprint density at radius 1 is 1.28 bits per heavy atom. The standard InChI is InChI=1S/C15H22FNO/c1-11(8-14-6-4-5-7-15(14)16)17-9-12(2)18-13(3)10-17/h4-7,11-13H,8-10H2,1-3H3/t11-,12+,13+/m0/s1. The van der Waals surface area contributed by atoms with Crippen molar-refractivity contribution in [3.63, 3.8) is 0 Å². The van der Waals surface area contributed by atoms with E-state index in [0.29, 0.717) is 6.04 Å². The third kappa shape index (κ3) is 3.30. The summed E-state index contributed by atoms with van der Waals surface area (Å²) < 4.78 is 19.4. The van der Waals surface area contributed by atoms with Gasteiger partial charge < -0.3 is 4.74 Å². The van der Waals surface area contributed by atoms with Crippen molar-refractivity contribution < 1.29 is 9.13 Å². The van der Waals surface area contributed by atoms with E-state index in [2.05, 4.69) is 25.7 Å². The molecular formula is C15H22FNO. The second-order valence-corrected chi connectivity index (χ2v) is 5.36. The summed E-state index contributed by atoms with van der Waals surface area (Å²) in [6.45, 7) is 8.22. The Labute approximate surface area is 109 Å². The lowest BCUT2D eigenvalue weighted by Crippen LogP contribution is -2.49. The summed E-state index contributed by atoms with van der Waals surface area (Å²) >= 11 is 0. The highest BCUT2D eigenvalue weighted by Crippen LogP contribution is 2.17. The highest BCUT2D eigenvalue weighted by molar-refractivity contribution is 5.18. The zero-order chi connectivity index (χ0) is 13.1. The van der Waals surface area contributed by atoms with Gasteiger partial charge in [0, 0.05) is 19.1 Å². The van der Waals surface area contributed by atoms with Crippen LogP contribution in [0.15, 0.2) is 24.3 Å². The van der Waals surface area contributed by atoms with Gasteiger partial charge in [-0.05, 0) is 38.8 Å². The van der Waals surface area contributed by atoms with Crippen LogP contribution < -0.4 is 0 Å². The molecule has 3 heteroatoms. The molecule has 0 radical (unpaired) electrons. The molecule has 0 N–H and O–H groups in total. The summed E-state index contributed by atoms with van der Waals surface area (Å²) in [7, 11) is 0. The Balaban J connectivity index is 1.99. The summed E-state index contributed by atoms with van der Waals surface area (Å²) in [6, 6.07) is 7.39. The third-order valence-corrected chi connectivity index (χ3v) is 3.54. The quantitative estimate of drug-likeness (QED) is 0.819. The van der Waals surface area contributed by atoms with Gasteiger partial charge in [0.2, 0.25) is 0 Å². The number of rotatable bonds is 3. The van der Waals surface area contributed by atoms with E-state index in [4.69, 9.17) is 4.74 Å². The van der Waals surface area contributed by atoms with Crippen LogP contribution in [0.5, 0.6) is 0 Å². The fourth-order valence-corrected chi connectivity index (χ4v) is 2.69. The zero-order valence-electron chi connectivity index (χ0n) is 11.4. The molecule has 1 heterocycles. The van der Waals surface area contributed by atoms with Crippen LogP contribution in [0, 0.1) is 5.82 Å². The van der Waals surface area contributed by atoms with Crippen LogP contribution in [0.25, 0.3) is 0 Å². The van der Waals surface area contributed by atoms with Gasteiger partial charge in [0.05, 0.1) is 12.2 Å². The van der Waals surface area contributed by atoms with Gasteiger partial charge in [-0.1, -0.05) is 18.2 Å². The minimum atomic E-state index is -0.0984. The molecule has 0 spiro atoms. The smallest absolute Gasteiger partial charge is 0.126 e. The van der Waals surface area contributed by atoms with Crippen molar-refractivity contribution >= 4 is 0 Å². The first-order valence-corrected chi connectivity index (χ1v) is 6.69. The fourth-order valence-electron chi connectivity index (χ4n) is 2.69. The molecule has 0 aliphatic carbocycles. The average molecular weight is 251 g/mol. The first-order chi connectivity index (χ1) is 8.56. The van der Waals surface area contributed by atoms with Gasteiger partial charge in [-0.15, -0.1) is 0 Å². The first kappa shape index (κ1) is 13.5. The van der Waals surface area contributed by atoms with E-state index in [-0.39, 0.29) is 18.0 Å². The fraction of sp³-hybridized carbons (Fsp3) is 0.600. The number of hydrogen-bond acceptors (Lipinski definition) is 2. The van der Waals surface area contributed by atoms with Crippen LogP contribution in [0.2, 0.25) is 0 Å². The Bertz CT molecular complexity index is 386. The first-order valence-electron chi connectivity index (χ1n) is 6.69. The van der Waals surface area contributed by atoms with E-state index in [1.165, 1.54) is 6.07 Å². The number of ether oxygens (including phenoxy) is 1. The number of nitrogens with zero attached hydrogens (tertiary/aromatic N) is 1. The number of halogens is 1. The molecule has 1 aliphatic heterocycles. The van der Waals surface area contributed by atoms with Crippen LogP contribution in [0.1, 0.15) is 26.3 Å². The minimum Gasteiger partial charge on any atom is -0.373 e. The van der Waals surface area contributed by atoms with E-state index in [1.807, 2.05) is 12.1 Å². The highest BCUT2D eigenvalue weighted by Gasteiger charge is 2.26. The molecule has 1 aromatic rings. The molecule has 18 heavy (non-hydrogen) atoms. The minimum absolute atomic E-state index is 0.0984. The number of morpholine rings is 1. The SMILES string of the molecule is C[C@@H]1CN([C@@H](C)Cc2ccccc2F)C[C@@H](C)O1. The maximum atomic E-state index is 13.6. The van der Waals surface area contributed by atoms with Crippen molar-refractivity contribution in [3.8, 4) is 0 Å². The van der Waals surface area contributed by atoms with E-state index in [9.17, 15) is 4.39 Å². The highest BCUT2D eigenvalue weighted by atomic mass is 19.1. The van der Waals surface area contributed by atoms with Gasteiger partial charge in [-0.2, -0.15) is 0 Å². The van der Waals surface area contributed by atoms with Gasteiger partial charge in [-0.3, -0.25) is 4.90 Å². The predicted octanol–water partition coefficient (Wildman–Crippen LogP) is 2.87. The molecule has 0 aromatic heterocycles. The van der Waals surface area contributed by atoms with Gasteiger partial charge in [0.1, 0.15) is 5.82 Å². The van der Waals surface area contributed by atoms with Crippen molar-refractivity contribution in [2.75, 3.05) is 13.1 Å². The second kappa shape index (κ2) is 5.81. The summed E-state index contributed by atoms with van der Waals surface area (Å²) in [5.41, 5.74) is 0.803. The van der Waals surface area contributed by atoms with E-state index < -0.39 is 0 Å². The molecule has 1 aliphatic rings. The molecule has 0 amide bonds. The lowest BCUT2D eigenvalue weighted by Gasteiger charge is -2.39. The normalized spacial score (nSPS) is 27.1. The van der Waals surface area contributed by atoms with Gasteiger partial charge in [0.25, 0.3) is 0 Å². The zero-order valence-corrected chi connectivity index (χ0v) is 11.4. The largest absolute Gasteiger partial charge is 0.373 e. The lowest BCUT2D eigenvalue weighted by atomic mass is 10.0. The van der Waals surface area contributed by atoms with Gasteiger partial charge in [0.15, 0.2) is 0 Å². The summed E-state index contributed by atoms with van der Waals surface area (Å²) in [5.74, 6) is -0.0984. The van der Waals surface area contributed by atoms with Crippen molar-refractivity contribution in [3.05, 3.63) is 35.6 Å². The molecule has 2 nitrogen and oxygen atoms in total. The van der Waals surface area contributed by atoms with Crippen LogP contribution in [-0.2, 0) is 11.2 Å². The second-order valence-electron chi connectivity index (χ2n) is 5.36. The maximum absolute atomic E-state index is 13.6. The molecule has 1 fully saturated rings. The van der Waals surface area contributed by atoms with Crippen LogP contribution in [-0.4, -0.2) is 36.2 Å². The van der Waals surface area contributed by atoms with Crippen LogP contribution in [0.4, 0.5) is 4.39 Å². The number of hydrogen-bond donors (Lipinski definition) is 0. The molecular weight excluding hydrogens is 229 g/mol. The lowest BCUT2D eigenvalue weighted by molar-refractivity contribution is -0.0783. The van der Waals surface area contributed by atoms with Crippen molar-refractivity contribution in [1.82, 2.24) is 4.90 Å². The molecule has 1 saturated heterocycles. The van der Waals surface area contributed by atoms with Crippen molar-refractivity contribution in [2.24, 2.45) is 0 Å². The van der Waals surface area contributed by atoms with Gasteiger partial charge in [-0.25, -0.2) is 4.39 Å². The van der Waals surface area contributed by atoms with Gasteiger partial charge >= 0.3 is 0 Å². The van der Waals surface area contributed by atoms with E-state index >= 15 is 0 Å². The van der Waals surface area contributed by atoms with E-state index in [0.717, 1.165) is 25.1 Å². The topological polar surface area (TPSA) is 12.5 Å². The average Bonchev–Trinajstić information content (AvgIpc) is 2.31. The molecule has 3 atom stereocenters. The Hall–Kier alpha value is -0.930. The Kier molecular flexibility index (Phi) is 4.36. The predicted molar refractivity (Wildman–Crippen MR) is 71.1 cm³/mol. The van der Waals surface area contributed by atoms with E-state index in [1.54, 1.807) is 6.07 Å². The molecule has 2 rings (SSSR count). The van der Waals surface area contributed by atoms with Crippen molar-refractivity contribution in [2.45, 2.75) is 45.4 Å².